The summed E-state index contributed by atoms with van der Waals surface area (Å²) in [5.41, 5.74) is 5.98. The third-order valence-electron chi connectivity index (χ3n) is 6.97. The number of benzene rings is 2. The zero-order valence-corrected chi connectivity index (χ0v) is 22.9. The summed E-state index contributed by atoms with van der Waals surface area (Å²) in [5.74, 6) is -0.0856. The largest absolute Gasteiger partial charge is 0.439 e. The van der Waals surface area contributed by atoms with Crippen LogP contribution in [-0.4, -0.2) is 57.8 Å². The van der Waals surface area contributed by atoms with Crippen LogP contribution in [0.4, 0.5) is 29.3 Å². The number of carbonyl (C=O) groups excluding carboxylic acids is 2. The van der Waals surface area contributed by atoms with E-state index in [4.69, 9.17) is 15.2 Å². The molecule has 0 aliphatic carbocycles. The highest BCUT2D eigenvalue weighted by Crippen LogP contribution is 2.39. The number of hydrogen-bond acceptors (Lipinski definition) is 8. The van der Waals surface area contributed by atoms with Crippen molar-refractivity contribution in [1.82, 2.24) is 19.5 Å². The van der Waals surface area contributed by atoms with E-state index in [1.54, 1.807) is 35.2 Å². The smallest absolute Gasteiger partial charge is 0.418 e. The molecule has 2 amide bonds. The lowest BCUT2D eigenvalue weighted by atomic mass is 10.1. The number of halogens is 3. The zero-order valence-electron chi connectivity index (χ0n) is 22.9. The van der Waals surface area contributed by atoms with Crippen molar-refractivity contribution in [3.8, 4) is 23.0 Å². The fourth-order valence-electron chi connectivity index (χ4n) is 4.92. The molecule has 0 unspecified atom stereocenters. The molecule has 0 saturated carbocycles. The second-order valence-electron chi connectivity index (χ2n) is 9.77. The van der Waals surface area contributed by atoms with E-state index >= 15 is 0 Å². The minimum absolute atomic E-state index is 0.00750. The standard InChI is InChI=1S/C30H24F3N7O4/c31-30(32,33)22-15-19(3-5-25(22)39-10-12-43-13-11-39)38-29(42)40-9-7-18-14-20(4-6-24(18)40)44-26-16-23(36-17-37-26)27-21(28(34)41)2-1-8-35-27/h1-9,14-17H,10-13H2,(H2,34,41)(H,38,42). The van der Waals surface area contributed by atoms with Gasteiger partial charge in [-0.3, -0.25) is 14.3 Å². The fourth-order valence-corrected chi connectivity index (χ4v) is 4.92. The number of alkyl halides is 3. The van der Waals surface area contributed by atoms with E-state index in [1.165, 1.54) is 47.6 Å². The van der Waals surface area contributed by atoms with Crippen molar-refractivity contribution < 1.29 is 32.2 Å². The van der Waals surface area contributed by atoms with E-state index in [0.29, 0.717) is 48.6 Å². The maximum absolute atomic E-state index is 13.9. The number of fused-ring (bicyclic) bond motifs is 1. The van der Waals surface area contributed by atoms with Gasteiger partial charge in [-0.15, -0.1) is 0 Å². The maximum Gasteiger partial charge on any atom is 0.418 e. The summed E-state index contributed by atoms with van der Waals surface area (Å²) in [5, 5.41) is 3.19. The Hall–Kier alpha value is -5.50. The Morgan fingerprint density at radius 3 is 2.57 bits per heavy atom. The third-order valence-corrected chi connectivity index (χ3v) is 6.97. The monoisotopic (exact) mass is 603 g/mol. The van der Waals surface area contributed by atoms with Crippen LogP contribution in [0.25, 0.3) is 22.3 Å². The molecule has 6 rings (SSSR count). The summed E-state index contributed by atoms with van der Waals surface area (Å²) in [7, 11) is 0. The van der Waals surface area contributed by atoms with Gasteiger partial charge in [0.05, 0.1) is 35.6 Å². The van der Waals surface area contributed by atoms with Crippen LogP contribution in [0, 0.1) is 0 Å². The Balaban J connectivity index is 1.21. The minimum Gasteiger partial charge on any atom is -0.439 e. The van der Waals surface area contributed by atoms with Crippen LogP contribution in [0.2, 0.25) is 0 Å². The van der Waals surface area contributed by atoms with Gasteiger partial charge >= 0.3 is 12.2 Å². The molecule has 0 bridgehead atoms. The van der Waals surface area contributed by atoms with Gasteiger partial charge in [0.2, 0.25) is 5.88 Å². The number of rotatable bonds is 6. The number of hydrogen-bond donors (Lipinski definition) is 2. The van der Waals surface area contributed by atoms with E-state index < -0.39 is 23.7 Å². The zero-order chi connectivity index (χ0) is 30.8. The first-order valence-corrected chi connectivity index (χ1v) is 13.4. The number of amides is 2. The van der Waals surface area contributed by atoms with Crippen molar-refractivity contribution in [3.05, 3.63) is 90.5 Å². The van der Waals surface area contributed by atoms with Gasteiger partial charge < -0.3 is 25.4 Å². The van der Waals surface area contributed by atoms with Crippen LogP contribution in [0.3, 0.4) is 0 Å². The number of carbonyl (C=O) groups is 2. The number of nitrogens with one attached hydrogen (secondary N) is 1. The summed E-state index contributed by atoms with van der Waals surface area (Å²) < 4.78 is 54.3. The SMILES string of the molecule is NC(=O)c1cccnc1-c1cc(Oc2ccc3c(ccn3C(=O)Nc3ccc(N4CCOCC4)c(C(F)(F)F)c3)c2)ncn1. The van der Waals surface area contributed by atoms with Gasteiger partial charge in [0.15, 0.2) is 0 Å². The van der Waals surface area contributed by atoms with E-state index in [2.05, 4.69) is 20.3 Å². The summed E-state index contributed by atoms with van der Waals surface area (Å²) in [6, 6.07) is 14.3. The molecule has 1 fully saturated rings. The van der Waals surface area contributed by atoms with E-state index in [1.807, 2.05) is 0 Å². The summed E-state index contributed by atoms with van der Waals surface area (Å²) in [6.45, 7) is 1.36. The number of anilines is 2. The molecule has 224 valence electrons. The first-order chi connectivity index (χ1) is 21.2. The lowest BCUT2D eigenvalue weighted by molar-refractivity contribution is -0.137. The Labute approximate surface area is 248 Å². The highest BCUT2D eigenvalue weighted by molar-refractivity contribution is 5.99. The van der Waals surface area contributed by atoms with E-state index in [9.17, 15) is 22.8 Å². The van der Waals surface area contributed by atoms with Gasteiger partial charge in [-0.2, -0.15) is 13.2 Å². The van der Waals surface area contributed by atoms with Crippen LogP contribution in [0.15, 0.2) is 79.4 Å². The Morgan fingerprint density at radius 2 is 1.80 bits per heavy atom. The Morgan fingerprint density at radius 1 is 0.977 bits per heavy atom. The number of nitrogens with zero attached hydrogens (tertiary/aromatic N) is 5. The summed E-state index contributed by atoms with van der Waals surface area (Å²) in [6.07, 6.45) is -0.334. The molecule has 0 atom stereocenters. The van der Waals surface area contributed by atoms with Crippen molar-refractivity contribution in [2.24, 2.45) is 5.73 Å². The van der Waals surface area contributed by atoms with Crippen molar-refractivity contribution >= 4 is 34.2 Å². The first-order valence-electron chi connectivity index (χ1n) is 13.4. The Kier molecular flexibility index (Phi) is 7.57. The molecule has 3 aromatic heterocycles. The predicted octanol–water partition coefficient (Wildman–Crippen LogP) is 5.32. The quantitative estimate of drug-likeness (QED) is 0.266. The molecule has 0 radical (unpaired) electrons. The maximum atomic E-state index is 13.9. The van der Waals surface area contributed by atoms with Crippen molar-refractivity contribution in [1.29, 1.82) is 0 Å². The fraction of sp³-hybridized carbons (Fsp3) is 0.167. The average molecular weight is 604 g/mol. The molecule has 1 aliphatic rings. The van der Waals surface area contributed by atoms with Crippen LogP contribution < -0.4 is 20.7 Å². The second kappa shape index (κ2) is 11.6. The van der Waals surface area contributed by atoms with Crippen molar-refractivity contribution in [3.63, 3.8) is 0 Å². The molecule has 5 aromatic rings. The van der Waals surface area contributed by atoms with Gasteiger partial charge in [0.25, 0.3) is 5.91 Å². The number of nitrogens with two attached hydrogens (primary N) is 1. The molecular formula is C30H24F3N7O4. The number of pyridine rings is 1. The summed E-state index contributed by atoms with van der Waals surface area (Å²) >= 11 is 0. The van der Waals surface area contributed by atoms with Gasteiger partial charge in [0.1, 0.15) is 17.8 Å². The van der Waals surface area contributed by atoms with Crippen LogP contribution in [-0.2, 0) is 10.9 Å². The molecule has 1 saturated heterocycles. The number of primary amides is 1. The van der Waals surface area contributed by atoms with E-state index in [0.717, 1.165) is 6.07 Å². The molecule has 0 spiro atoms. The number of aromatic nitrogens is 4. The number of morpholine rings is 1. The van der Waals surface area contributed by atoms with Gasteiger partial charge in [-0.1, -0.05) is 0 Å². The topological polar surface area (TPSA) is 137 Å². The lowest BCUT2D eigenvalue weighted by Crippen LogP contribution is -2.37. The molecule has 11 nitrogen and oxygen atoms in total. The predicted molar refractivity (Wildman–Crippen MR) is 155 cm³/mol. The van der Waals surface area contributed by atoms with Gasteiger partial charge in [0, 0.05) is 48.3 Å². The average Bonchev–Trinajstić information content (AvgIpc) is 3.45. The molecule has 2 aromatic carbocycles. The molecule has 1 aliphatic heterocycles. The van der Waals surface area contributed by atoms with Gasteiger partial charge in [-0.05, 0) is 54.6 Å². The summed E-state index contributed by atoms with van der Waals surface area (Å²) in [4.78, 5) is 39.0. The second-order valence-corrected chi connectivity index (χ2v) is 9.77. The highest BCUT2D eigenvalue weighted by Gasteiger charge is 2.35. The van der Waals surface area contributed by atoms with Crippen LogP contribution in [0.5, 0.6) is 11.6 Å². The molecular weight excluding hydrogens is 579 g/mol. The molecule has 44 heavy (non-hydrogen) atoms. The highest BCUT2D eigenvalue weighted by atomic mass is 19.4. The molecule has 4 heterocycles. The third kappa shape index (κ3) is 5.87. The van der Waals surface area contributed by atoms with Crippen LogP contribution in [0.1, 0.15) is 15.9 Å². The molecule has 14 heteroatoms. The Bertz CT molecular complexity index is 1870. The minimum atomic E-state index is -4.61. The molecule has 3 N–H and O–H groups in total. The van der Waals surface area contributed by atoms with Gasteiger partial charge in [-0.25, -0.2) is 14.8 Å². The van der Waals surface area contributed by atoms with Crippen molar-refractivity contribution in [2.75, 3.05) is 36.5 Å². The lowest BCUT2D eigenvalue weighted by Gasteiger charge is -2.31. The first kappa shape index (κ1) is 28.6. The van der Waals surface area contributed by atoms with E-state index in [-0.39, 0.29) is 28.5 Å². The number of ether oxygens (including phenoxy) is 2. The van der Waals surface area contributed by atoms with Crippen LogP contribution >= 0.6 is 0 Å². The van der Waals surface area contributed by atoms with Crippen molar-refractivity contribution in [2.45, 2.75) is 6.18 Å². The normalized spacial score (nSPS) is 13.6.